The topological polar surface area (TPSA) is 52.6 Å². The molecular weight excluding hydrogens is 228 g/mol. The lowest BCUT2D eigenvalue weighted by molar-refractivity contribution is 0.0938. The monoisotopic (exact) mass is 248 g/mol. The first kappa shape index (κ1) is 12.9. The number of rotatable bonds is 4. The van der Waals surface area contributed by atoms with E-state index in [1.165, 1.54) is 12.5 Å². The van der Waals surface area contributed by atoms with E-state index in [2.05, 4.69) is 17.1 Å². The minimum atomic E-state index is -0.198. The van der Waals surface area contributed by atoms with Gasteiger partial charge in [-0.2, -0.15) is 0 Å². The normalized spacial score (nSPS) is 19.9. The van der Waals surface area contributed by atoms with Crippen LogP contribution in [0.25, 0.3) is 0 Å². The molecule has 1 atom stereocenters. The second-order valence-electron chi connectivity index (χ2n) is 4.65. The summed E-state index contributed by atoms with van der Waals surface area (Å²) in [6, 6.07) is 7.06. The van der Waals surface area contributed by atoms with Gasteiger partial charge in [0.05, 0.1) is 5.56 Å². The molecule has 2 rings (SSSR count). The van der Waals surface area contributed by atoms with E-state index in [1.54, 1.807) is 18.2 Å². The summed E-state index contributed by atoms with van der Waals surface area (Å²) >= 11 is 0. The Morgan fingerprint density at radius 1 is 1.50 bits per heavy atom. The third-order valence-corrected chi connectivity index (χ3v) is 3.55. The molecule has 1 saturated heterocycles. The van der Waals surface area contributed by atoms with Crippen molar-refractivity contribution in [3.05, 3.63) is 29.8 Å². The van der Waals surface area contributed by atoms with Gasteiger partial charge in [0, 0.05) is 12.6 Å². The Kier molecular flexibility index (Phi) is 4.20. The molecule has 0 spiro atoms. The summed E-state index contributed by atoms with van der Waals surface area (Å²) < 4.78 is 0. The number of phenolic OH excluding ortho intramolecular Hbond substituents is 1. The zero-order valence-electron chi connectivity index (χ0n) is 10.7. The molecular formula is C14H20N2O2. The van der Waals surface area contributed by atoms with Crippen LogP contribution in [0.4, 0.5) is 0 Å². The average molecular weight is 248 g/mol. The molecule has 4 heteroatoms. The fourth-order valence-corrected chi connectivity index (χ4v) is 2.51. The molecule has 1 aromatic rings. The second-order valence-corrected chi connectivity index (χ2v) is 4.65. The number of phenols is 1. The molecule has 1 aliphatic rings. The molecule has 0 bridgehead atoms. The Morgan fingerprint density at radius 3 is 3.00 bits per heavy atom. The quantitative estimate of drug-likeness (QED) is 0.851. The van der Waals surface area contributed by atoms with Crippen LogP contribution < -0.4 is 5.32 Å². The van der Waals surface area contributed by atoms with E-state index in [-0.39, 0.29) is 11.7 Å². The zero-order valence-corrected chi connectivity index (χ0v) is 10.7. The largest absolute Gasteiger partial charge is 0.507 e. The molecule has 1 aromatic carbocycles. The summed E-state index contributed by atoms with van der Waals surface area (Å²) in [7, 11) is 0. The molecule has 0 saturated carbocycles. The fraction of sp³-hybridized carbons (Fsp3) is 0.500. The van der Waals surface area contributed by atoms with Gasteiger partial charge in [-0.15, -0.1) is 0 Å². The van der Waals surface area contributed by atoms with Gasteiger partial charge in [0.2, 0.25) is 0 Å². The van der Waals surface area contributed by atoms with Crippen molar-refractivity contribution in [2.75, 3.05) is 19.6 Å². The van der Waals surface area contributed by atoms with Gasteiger partial charge in [0.25, 0.3) is 5.91 Å². The first-order chi connectivity index (χ1) is 8.72. The Morgan fingerprint density at radius 2 is 2.28 bits per heavy atom. The van der Waals surface area contributed by atoms with Crippen molar-refractivity contribution in [1.82, 2.24) is 10.2 Å². The van der Waals surface area contributed by atoms with Crippen molar-refractivity contribution in [3.8, 4) is 5.75 Å². The molecule has 1 aliphatic heterocycles. The number of para-hydroxylation sites is 1. The van der Waals surface area contributed by atoms with Crippen molar-refractivity contribution in [2.24, 2.45) is 0 Å². The number of amides is 1. The Balaban J connectivity index is 1.91. The highest BCUT2D eigenvalue weighted by atomic mass is 16.3. The molecule has 1 amide bonds. The lowest BCUT2D eigenvalue weighted by atomic mass is 10.1. The molecule has 0 aromatic heterocycles. The average Bonchev–Trinajstić information content (AvgIpc) is 2.84. The summed E-state index contributed by atoms with van der Waals surface area (Å²) in [6.07, 6.45) is 2.33. The van der Waals surface area contributed by atoms with Crippen LogP contribution in [0.1, 0.15) is 30.1 Å². The van der Waals surface area contributed by atoms with Gasteiger partial charge >= 0.3 is 0 Å². The Hall–Kier alpha value is -1.55. The van der Waals surface area contributed by atoms with E-state index >= 15 is 0 Å². The van der Waals surface area contributed by atoms with E-state index in [0.717, 1.165) is 19.5 Å². The van der Waals surface area contributed by atoms with Crippen LogP contribution in [0.2, 0.25) is 0 Å². The minimum absolute atomic E-state index is 0.0359. The maximum absolute atomic E-state index is 11.9. The highest BCUT2D eigenvalue weighted by Crippen LogP contribution is 2.17. The van der Waals surface area contributed by atoms with Crippen molar-refractivity contribution >= 4 is 5.91 Å². The minimum Gasteiger partial charge on any atom is -0.507 e. The van der Waals surface area contributed by atoms with E-state index in [0.29, 0.717) is 18.2 Å². The van der Waals surface area contributed by atoms with Crippen LogP contribution in [-0.2, 0) is 0 Å². The van der Waals surface area contributed by atoms with Crippen molar-refractivity contribution in [3.63, 3.8) is 0 Å². The molecule has 18 heavy (non-hydrogen) atoms. The standard InChI is InChI=1S/C14H20N2O2/c1-2-16-9-5-6-11(16)10-15-14(18)12-7-3-4-8-13(12)17/h3-4,7-8,11,17H,2,5-6,9-10H2,1H3,(H,15,18)/t11-/m1/s1. The number of carbonyl (C=O) groups is 1. The number of aromatic hydroxyl groups is 1. The molecule has 1 fully saturated rings. The Labute approximate surface area is 108 Å². The second kappa shape index (κ2) is 5.87. The lowest BCUT2D eigenvalue weighted by Crippen LogP contribution is -2.40. The number of likely N-dealkylation sites (tertiary alicyclic amines) is 1. The lowest BCUT2D eigenvalue weighted by Gasteiger charge is -2.22. The number of nitrogens with one attached hydrogen (secondary N) is 1. The van der Waals surface area contributed by atoms with Crippen LogP contribution >= 0.6 is 0 Å². The number of carbonyl (C=O) groups excluding carboxylic acids is 1. The first-order valence-corrected chi connectivity index (χ1v) is 6.52. The van der Waals surface area contributed by atoms with Crippen LogP contribution in [0, 0.1) is 0 Å². The molecule has 98 valence electrons. The predicted octanol–water partition coefficient (Wildman–Crippen LogP) is 1.61. The summed E-state index contributed by atoms with van der Waals surface area (Å²) in [4.78, 5) is 14.3. The van der Waals surface area contributed by atoms with Crippen LogP contribution in [-0.4, -0.2) is 41.6 Å². The fourth-order valence-electron chi connectivity index (χ4n) is 2.51. The Bertz CT molecular complexity index is 420. The smallest absolute Gasteiger partial charge is 0.255 e. The maximum Gasteiger partial charge on any atom is 0.255 e. The van der Waals surface area contributed by atoms with Crippen LogP contribution in [0.5, 0.6) is 5.75 Å². The van der Waals surface area contributed by atoms with Crippen molar-refractivity contribution in [2.45, 2.75) is 25.8 Å². The summed E-state index contributed by atoms with van der Waals surface area (Å²) in [6.45, 7) is 4.94. The first-order valence-electron chi connectivity index (χ1n) is 6.52. The van der Waals surface area contributed by atoms with Gasteiger partial charge < -0.3 is 10.4 Å². The highest BCUT2D eigenvalue weighted by Gasteiger charge is 2.23. The third kappa shape index (κ3) is 2.82. The number of likely N-dealkylation sites (N-methyl/N-ethyl adjacent to an activating group) is 1. The predicted molar refractivity (Wildman–Crippen MR) is 70.7 cm³/mol. The molecule has 0 unspecified atom stereocenters. The van der Waals surface area contributed by atoms with Gasteiger partial charge in [-0.25, -0.2) is 0 Å². The summed E-state index contributed by atoms with van der Waals surface area (Å²) in [5.74, 6) is -0.162. The highest BCUT2D eigenvalue weighted by molar-refractivity contribution is 5.96. The SMILES string of the molecule is CCN1CCC[C@@H]1CNC(=O)c1ccccc1O. The van der Waals surface area contributed by atoms with E-state index in [1.807, 2.05) is 0 Å². The molecule has 0 radical (unpaired) electrons. The maximum atomic E-state index is 11.9. The number of nitrogens with zero attached hydrogens (tertiary/aromatic N) is 1. The van der Waals surface area contributed by atoms with E-state index in [4.69, 9.17) is 0 Å². The summed E-state index contributed by atoms with van der Waals surface area (Å²) in [5.41, 5.74) is 0.346. The van der Waals surface area contributed by atoms with Crippen LogP contribution in [0.15, 0.2) is 24.3 Å². The number of hydrogen-bond acceptors (Lipinski definition) is 3. The molecule has 2 N–H and O–H groups in total. The molecule has 4 nitrogen and oxygen atoms in total. The van der Waals surface area contributed by atoms with Gasteiger partial charge in [-0.05, 0) is 38.1 Å². The third-order valence-electron chi connectivity index (χ3n) is 3.55. The van der Waals surface area contributed by atoms with E-state index < -0.39 is 0 Å². The van der Waals surface area contributed by atoms with Gasteiger partial charge in [-0.3, -0.25) is 9.69 Å². The van der Waals surface area contributed by atoms with Crippen molar-refractivity contribution < 1.29 is 9.90 Å². The van der Waals surface area contributed by atoms with Gasteiger partial charge in [-0.1, -0.05) is 19.1 Å². The number of benzene rings is 1. The zero-order chi connectivity index (χ0) is 13.0. The van der Waals surface area contributed by atoms with Crippen molar-refractivity contribution in [1.29, 1.82) is 0 Å². The summed E-state index contributed by atoms with van der Waals surface area (Å²) in [5, 5.41) is 12.5. The van der Waals surface area contributed by atoms with E-state index in [9.17, 15) is 9.90 Å². The molecule has 1 heterocycles. The number of hydrogen-bond donors (Lipinski definition) is 2. The molecule has 0 aliphatic carbocycles. The van der Waals surface area contributed by atoms with Crippen LogP contribution in [0.3, 0.4) is 0 Å². The van der Waals surface area contributed by atoms with Gasteiger partial charge in [0.1, 0.15) is 5.75 Å². The van der Waals surface area contributed by atoms with Gasteiger partial charge in [0.15, 0.2) is 0 Å².